The maximum absolute atomic E-state index is 10.9. The molecule has 6 nitrogen and oxygen atoms in total. The van der Waals surface area contributed by atoms with Gasteiger partial charge in [0.25, 0.3) is 0 Å². The van der Waals surface area contributed by atoms with Gasteiger partial charge >= 0.3 is 5.00 Å². The van der Waals surface area contributed by atoms with Gasteiger partial charge in [0.05, 0.1) is 11.0 Å². The van der Waals surface area contributed by atoms with Gasteiger partial charge in [0.1, 0.15) is 5.52 Å². The number of benzene rings is 1. The summed E-state index contributed by atoms with van der Waals surface area (Å²) >= 11 is 1.18. The van der Waals surface area contributed by atoms with Crippen LogP contribution in [0.1, 0.15) is 36.8 Å². The lowest BCUT2D eigenvalue weighted by atomic mass is 10.0. The number of nitrogens with zero attached hydrogens (tertiary/aromatic N) is 3. The van der Waals surface area contributed by atoms with Crippen LogP contribution in [0, 0.1) is 10.1 Å². The number of nitro groups is 1. The molecule has 1 aliphatic heterocycles. The van der Waals surface area contributed by atoms with Crippen molar-refractivity contribution in [2.45, 2.75) is 31.8 Å². The highest BCUT2D eigenvalue weighted by atomic mass is 32.1. The zero-order valence-corrected chi connectivity index (χ0v) is 13.9. The molecule has 0 aliphatic carbocycles. The predicted molar refractivity (Wildman–Crippen MR) is 92.0 cm³/mol. The van der Waals surface area contributed by atoms with E-state index in [0.717, 1.165) is 48.4 Å². The molecule has 1 aromatic carbocycles. The minimum absolute atomic E-state index is 0.130. The molecule has 7 heteroatoms. The van der Waals surface area contributed by atoms with Gasteiger partial charge in [0.15, 0.2) is 5.58 Å². The van der Waals surface area contributed by atoms with Crippen LogP contribution in [0.4, 0.5) is 5.00 Å². The van der Waals surface area contributed by atoms with Crippen molar-refractivity contribution in [2.24, 2.45) is 0 Å². The van der Waals surface area contributed by atoms with Crippen LogP contribution in [-0.2, 0) is 6.54 Å². The molecule has 0 N–H and O–H groups in total. The van der Waals surface area contributed by atoms with Gasteiger partial charge in [-0.3, -0.25) is 15.0 Å². The summed E-state index contributed by atoms with van der Waals surface area (Å²) in [5.41, 5.74) is 2.67. The standard InChI is InChI=1S/C17H17N3O3S/c21-20(22)16-9-12(11-24-16)10-19-8-4-3-6-14(19)17-18-13-5-1-2-7-15(13)23-17/h1-2,5,7,9,11,14H,3-4,6,8,10H2/t14-/m1/s1. The first-order chi connectivity index (χ1) is 11.7. The van der Waals surface area contributed by atoms with Gasteiger partial charge in [0, 0.05) is 18.0 Å². The van der Waals surface area contributed by atoms with Crippen LogP contribution < -0.4 is 0 Å². The highest BCUT2D eigenvalue weighted by molar-refractivity contribution is 7.13. The molecule has 0 saturated carbocycles. The average molecular weight is 343 g/mol. The van der Waals surface area contributed by atoms with Crippen molar-refractivity contribution in [3.63, 3.8) is 0 Å². The summed E-state index contributed by atoms with van der Waals surface area (Å²) in [6.07, 6.45) is 3.27. The molecule has 0 spiro atoms. The summed E-state index contributed by atoms with van der Waals surface area (Å²) in [6, 6.07) is 9.59. The third-order valence-corrected chi connectivity index (χ3v) is 5.34. The van der Waals surface area contributed by atoms with Crippen molar-refractivity contribution >= 4 is 27.4 Å². The predicted octanol–water partition coefficient (Wildman–Crippen LogP) is 4.52. The first-order valence-electron chi connectivity index (χ1n) is 8.02. The van der Waals surface area contributed by atoms with Gasteiger partial charge in [-0.1, -0.05) is 29.9 Å². The molecule has 0 unspecified atom stereocenters. The third-order valence-electron chi connectivity index (χ3n) is 4.41. The highest BCUT2D eigenvalue weighted by Gasteiger charge is 2.28. The molecular formula is C17H17N3O3S. The Morgan fingerprint density at radius 1 is 1.38 bits per heavy atom. The van der Waals surface area contributed by atoms with E-state index >= 15 is 0 Å². The molecule has 0 bridgehead atoms. The average Bonchev–Trinajstić information content (AvgIpc) is 3.22. The Morgan fingerprint density at radius 2 is 2.25 bits per heavy atom. The molecule has 3 aromatic rings. The summed E-state index contributed by atoms with van der Waals surface area (Å²) in [7, 11) is 0. The van der Waals surface area contributed by atoms with E-state index in [0.29, 0.717) is 6.54 Å². The molecule has 0 radical (unpaired) electrons. The summed E-state index contributed by atoms with van der Waals surface area (Å²) in [5.74, 6) is 0.751. The lowest BCUT2D eigenvalue weighted by molar-refractivity contribution is -0.380. The molecule has 1 fully saturated rings. The van der Waals surface area contributed by atoms with Crippen LogP contribution in [0.15, 0.2) is 40.1 Å². The van der Waals surface area contributed by atoms with E-state index in [1.807, 2.05) is 29.6 Å². The molecule has 1 saturated heterocycles. The van der Waals surface area contributed by atoms with E-state index in [1.165, 1.54) is 11.3 Å². The maximum atomic E-state index is 10.9. The number of rotatable bonds is 4. The minimum atomic E-state index is -0.331. The molecular weight excluding hydrogens is 326 g/mol. The van der Waals surface area contributed by atoms with Crippen LogP contribution in [0.3, 0.4) is 0 Å². The molecule has 4 rings (SSSR count). The van der Waals surface area contributed by atoms with Crippen molar-refractivity contribution in [2.75, 3.05) is 6.54 Å². The molecule has 3 heterocycles. The molecule has 24 heavy (non-hydrogen) atoms. The zero-order valence-electron chi connectivity index (χ0n) is 13.1. The Balaban J connectivity index is 1.59. The smallest absolute Gasteiger partial charge is 0.324 e. The van der Waals surface area contributed by atoms with Crippen molar-refractivity contribution in [3.05, 3.63) is 57.3 Å². The van der Waals surface area contributed by atoms with E-state index < -0.39 is 0 Å². The topological polar surface area (TPSA) is 72.4 Å². The Bertz CT molecular complexity index is 840. The number of para-hydroxylation sites is 2. The zero-order chi connectivity index (χ0) is 16.5. The number of hydrogen-bond donors (Lipinski definition) is 0. The Labute approximate surface area is 142 Å². The van der Waals surface area contributed by atoms with Gasteiger partial charge in [-0.05, 0) is 37.1 Å². The first kappa shape index (κ1) is 15.3. The number of thiophene rings is 1. The SMILES string of the molecule is O=[N+]([O-])c1cc(CN2CCCC[C@@H]2c2nc3ccccc3o2)cs1. The van der Waals surface area contributed by atoms with Gasteiger partial charge < -0.3 is 4.42 Å². The fourth-order valence-corrected chi connectivity index (χ4v) is 3.99. The molecule has 0 amide bonds. The summed E-state index contributed by atoms with van der Waals surface area (Å²) in [5, 5.41) is 12.9. The van der Waals surface area contributed by atoms with E-state index in [2.05, 4.69) is 9.88 Å². The monoisotopic (exact) mass is 343 g/mol. The van der Waals surface area contributed by atoms with E-state index in [4.69, 9.17) is 4.42 Å². The second kappa shape index (κ2) is 6.33. The van der Waals surface area contributed by atoms with Crippen LogP contribution in [0.2, 0.25) is 0 Å². The van der Waals surface area contributed by atoms with Crippen molar-refractivity contribution in [1.29, 1.82) is 0 Å². The molecule has 124 valence electrons. The maximum Gasteiger partial charge on any atom is 0.324 e. The van der Waals surface area contributed by atoms with Crippen molar-refractivity contribution < 1.29 is 9.34 Å². The van der Waals surface area contributed by atoms with E-state index in [1.54, 1.807) is 6.07 Å². The first-order valence-corrected chi connectivity index (χ1v) is 8.90. The number of fused-ring (bicyclic) bond motifs is 1. The summed E-state index contributed by atoms with van der Waals surface area (Å²) in [4.78, 5) is 17.5. The third kappa shape index (κ3) is 2.92. The van der Waals surface area contributed by atoms with E-state index in [9.17, 15) is 10.1 Å². The van der Waals surface area contributed by atoms with Crippen molar-refractivity contribution in [3.8, 4) is 0 Å². The van der Waals surface area contributed by atoms with Gasteiger partial charge in [-0.15, -0.1) is 0 Å². The largest absolute Gasteiger partial charge is 0.439 e. The minimum Gasteiger partial charge on any atom is -0.439 e. The van der Waals surface area contributed by atoms with Crippen molar-refractivity contribution in [1.82, 2.24) is 9.88 Å². The lowest BCUT2D eigenvalue weighted by Gasteiger charge is -2.33. The second-order valence-corrected chi connectivity index (χ2v) is 6.94. The Kier molecular flexibility index (Phi) is 4.03. The van der Waals surface area contributed by atoms with Crippen LogP contribution >= 0.6 is 11.3 Å². The summed E-state index contributed by atoms with van der Waals surface area (Å²) in [6.45, 7) is 1.64. The fraction of sp³-hybridized carbons (Fsp3) is 0.353. The van der Waals surface area contributed by atoms with Crippen LogP contribution in [-0.4, -0.2) is 21.4 Å². The number of piperidine rings is 1. The van der Waals surface area contributed by atoms with Gasteiger partial charge in [-0.25, -0.2) is 4.98 Å². The van der Waals surface area contributed by atoms with Crippen LogP contribution in [0.5, 0.6) is 0 Å². The normalized spacial score (nSPS) is 18.9. The van der Waals surface area contributed by atoms with Gasteiger partial charge in [0.2, 0.25) is 5.89 Å². The molecule has 1 atom stereocenters. The molecule has 2 aromatic heterocycles. The quantitative estimate of drug-likeness (QED) is 0.514. The highest BCUT2D eigenvalue weighted by Crippen LogP contribution is 2.34. The summed E-state index contributed by atoms with van der Waals surface area (Å²) < 4.78 is 5.96. The number of oxazole rings is 1. The van der Waals surface area contributed by atoms with E-state index in [-0.39, 0.29) is 16.0 Å². The molecule has 1 aliphatic rings. The van der Waals surface area contributed by atoms with Gasteiger partial charge in [-0.2, -0.15) is 0 Å². The Morgan fingerprint density at radius 3 is 3.04 bits per heavy atom. The number of hydrogen-bond acceptors (Lipinski definition) is 6. The lowest BCUT2D eigenvalue weighted by Crippen LogP contribution is -2.33. The number of likely N-dealkylation sites (tertiary alicyclic amines) is 1. The number of aromatic nitrogens is 1. The second-order valence-electron chi connectivity index (χ2n) is 6.05. The Hall–Kier alpha value is -2.25. The van der Waals surface area contributed by atoms with Crippen LogP contribution in [0.25, 0.3) is 11.1 Å². The fourth-order valence-electron chi connectivity index (χ4n) is 3.27.